The van der Waals surface area contributed by atoms with Crippen LogP contribution in [0.3, 0.4) is 0 Å². The van der Waals surface area contributed by atoms with Crippen molar-refractivity contribution in [3.8, 4) is 0 Å². The molecule has 2 aliphatic carbocycles. The maximum atomic E-state index is 12.8. The highest BCUT2D eigenvalue weighted by atomic mass is 35.5. The van der Waals surface area contributed by atoms with Crippen LogP contribution in [0.1, 0.15) is 83.1 Å². The number of amides is 2. The first-order chi connectivity index (χ1) is 16.0. The van der Waals surface area contributed by atoms with Gasteiger partial charge in [0.25, 0.3) is 5.91 Å². The fourth-order valence-corrected chi connectivity index (χ4v) is 6.09. The second-order valence-corrected chi connectivity index (χ2v) is 11.1. The van der Waals surface area contributed by atoms with Gasteiger partial charge in [0.2, 0.25) is 5.91 Å². The quantitative estimate of drug-likeness (QED) is 0.532. The monoisotopic (exact) mass is 483 g/mol. The predicted octanol–water partition coefficient (Wildman–Crippen LogP) is 6.43. The van der Waals surface area contributed by atoms with Crippen LogP contribution in [0.4, 0.5) is 5.69 Å². The van der Waals surface area contributed by atoms with Crippen LogP contribution in [0.25, 0.3) is 6.08 Å². The van der Waals surface area contributed by atoms with Gasteiger partial charge in [-0.2, -0.15) is 0 Å². The third kappa shape index (κ3) is 5.17. The first-order valence-corrected chi connectivity index (χ1v) is 13.2. The molecule has 1 saturated heterocycles. The number of piperidine rings is 1. The molecule has 33 heavy (non-hydrogen) atoms. The molecule has 0 bridgehead atoms. The Bertz CT molecular complexity index is 1090. The zero-order chi connectivity index (χ0) is 22.9. The van der Waals surface area contributed by atoms with Crippen LogP contribution in [-0.4, -0.2) is 34.8 Å². The van der Waals surface area contributed by atoms with Gasteiger partial charge in [-0.15, -0.1) is 11.3 Å². The molecular weight excluding hydrogens is 454 g/mol. The lowest BCUT2D eigenvalue weighted by atomic mass is 9.97. The number of aromatic nitrogens is 1. The van der Waals surface area contributed by atoms with Crippen molar-refractivity contribution in [2.24, 2.45) is 5.92 Å². The lowest BCUT2D eigenvalue weighted by molar-refractivity contribution is -0.135. The molecular formula is C26H30ClN3O2S. The number of halogens is 1. The highest BCUT2D eigenvalue weighted by Gasteiger charge is 2.29. The molecule has 0 unspecified atom stereocenters. The minimum atomic E-state index is -0.137. The zero-order valence-corrected chi connectivity index (χ0v) is 20.6. The minimum absolute atomic E-state index is 0.137. The first-order valence-electron chi connectivity index (χ1n) is 12.0. The molecule has 174 valence electrons. The summed E-state index contributed by atoms with van der Waals surface area (Å²) in [4.78, 5) is 32.6. The van der Waals surface area contributed by atoms with Crippen molar-refractivity contribution in [2.75, 3.05) is 18.4 Å². The van der Waals surface area contributed by atoms with Crippen molar-refractivity contribution in [3.63, 3.8) is 0 Å². The van der Waals surface area contributed by atoms with Gasteiger partial charge in [-0.1, -0.05) is 36.1 Å². The lowest BCUT2D eigenvalue weighted by Gasteiger charge is -2.30. The average Bonchev–Trinajstić information content (AvgIpc) is 3.30. The van der Waals surface area contributed by atoms with Crippen LogP contribution >= 0.6 is 22.9 Å². The Hall–Kier alpha value is -2.18. The summed E-state index contributed by atoms with van der Waals surface area (Å²) in [6, 6.07) is 3.76. The van der Waals surface area contributed by atoms with Gasteiger partial charge in [-0.3, -0.25) is 9.59 Å². The number of nitrogens with one attached hydrogen (secondary N) is 1. The molecule has 1 N–H and O–H groups in total. The number of nitrogens with zero attached hydrogens (tertiary/aromatic N) is 2. The maximum Gasteiger partial charge on any atom is 0.267 e. The molecule has 5 nitrogen and oxygen atoms in total. The number of thiazole rings is 1. The van der Waals surface area contributed by atoms with Crippen LogP contribution in [0.15, 0.2) is 23.9 Å². The van der Waals surface area contributed by atoms with E-state index in [4.69, 9.17) is 11.6 Å². The van der Waals surface area contributed by atoms with Gasteiger partial charge < -0.3 is 10.2 Å². The Morgan fingerprint density at radius 2 is 1.88 bits per heavy atom. The van der Waals surface area contributed by atoms with E-state index < -0.39 is 0 Å². The summed E-state index contributed by atoms with van der Waals surface area (Å²) in [6.45, 7) is 3.59. The van der Waals surface area contributed by atoms with Gasteiger partial charge in [0.05, 0.1) is 11.2 Å². The van der Waals surface area contributed by atoms with Gasteiger partial charge in [-0.05, 0) is 68.7 Å². The number of anilines is 1. The summed E-state index contributed by atoms with van der Waals surface area (Å²) in [6.07, 6.45) is 12.5. The van der Waals surface area contributed by atoms with E-state index in [2.05, 4.69) is 21.3 Å². The number of hydrogen-bond acceptors (Lipinski definition) is 4. The number of carbonyl (C=O) groups is 2. The number of benzene rings is 1. The second-order valence-electron chi connectivity index (χ2n) is 9.57. The van der Waals surface area contributed by atoms with E-state index in [9.17, 15) is 9.59 Å². The average molecular weight is 484 g/mol. The SMILES string of the molecule is Cc1c(C=C2CCN(C(=O)C3CCCC3)CC2)cc(Cl)cc1NC(=O)c1cnc(C2CC2)s1. The summed E-state index contributed by atoms with van der Waals surface area (Å²) in [5.41, 5.74) is 4.07. The number of rotatable bonds is 5. The lowest BCUT2D eigenvalue weighted by Crippen LogP contribution is -2.39. The summed E-state index contributed by atoms with van der Waals surface area (Å²) >= 11 is 7.90. The molecule has 2 heterocycles. The fraction of sp³-hybridized carbons (Fsp3) is 0.500. The molecule has 0 spiro atoms. The summed E-state index contributed by atoms with van der Waals surface area (Å²) in [7, 11) is 0. The molecule has 1 aliphatic heterocycles. The third-order valence-electron chi connectivity index (χ3n) is 7.12. The van der Waals surface area contributed by atoms with Crippen LogP contribution in [0, 0.1) is 12.8 Å². The Kier molecular flexibility index (Phi) is 6.57. The Balaban J connectivity index is 1.26. The van der Waals surface area contributed by atoms with E-state index >= 15 is 0 Å². The number of likely N-dealkylation sites (tertiary alicyclic amines) is 1. The summed E-state index contributed by atoms with van der Waals surface area (Å²) in [5, 5.41) is 4.69. The molecule has 0 atom stereocenters. The van der Waals surface area contributed by atoms with Crippen LogP contribution < -0.4 is 5.32 Å². The second kappa shape index (κ2) is 9.59. The molecule has 2 amide bonds. The Morgan fingerprint density at radius 1 is 1.15 bits per heavy atom. The minimum Gasteiger partial charge on any atom is -0.342 e. The normalized spacial score (nSPS) is 19.1. The Morgan fingerprint density at radius 3 is 2.58 bits per heavy atom. The van der Waals surface area contributed by atoms with Crippen molar-refractivity contribution < 1.29 is 9.59 Å². The molecule has 0 radical (unpaired) electrons. The molecule has 2 saturated carbocycles. The summed E-state index contributed by atoms with van der Waals surface area (Å²) in [5.74, 6) is 1.00. The van der Waals surface area contributed by atoms with Gasteiger partial charge in [0.1, 0.15) is 4.88 Å². The van der Waals surface area contributed by atoms with E-state index in [0.29, 0.717) is 21.7 Å². The fourth-order valence-electron chi connectivity index (χ4n) is 4.88. The molecule has 1 aromatic heterocycles. The molecule has 2 aromatic rings. The van der Waals surface area contributed by atoms with Crippen molar-refractivity contribution in [2.45, 2.75) is 64.2 Å². The van der Waals surface area contributed by atoms with E-state index in [1.165, 1.54) is 42.6 Å². The van der Waals surface area contributed by atoms with E-state index in [1.807, 2.05) is 19.1 Å². The number of hydrogen-bond donors (Lipinski definition) is 1. The highest BCUT2D eigenvalue weighted by Crippen LogP contribution is 2.42. The first kappa shape index (κ1) is 22.6. The smallest absolute Gasteiger partial charge is 0.267 e. The molecule has 5 rings (SSSR count). The third-order valence-corrected chi connectivity index (χ3v) is 8.49. The maximum absolute atomic E-state index is 12.8. The van der Waals surface area contributed by atoms with Crippen molar-refractivity contribution in [1.29, 1.82) is 0 Å². The van der Waals surface area contributed by atoms with E-state index in [0.717, 1.165) is 60.6 Å². The van der Waals surface area contributed by atoms with E-state index in [-0.39, 0.29) is 11.8 Å². The van der Waals surface area contributed by atoms with Crippen molar-refractivity contribution in [1.82, 2.24) is 9.88 Å². The van der Waals surface area contributed by atoms with E-state index in [1.54, 1.807) is 6.20 Å². The standard InChI is InChI=1S/C26H30ClN3O2S/c1-16-20(12-17-8-10-30(11-9-17)26(32)19-4-2-3-5-19)13-21(27)14-22(16)29-24(31)23-15-28-25(33-23)18-6-7-18/h12-15,18-19H,2-11H2,1H3,(H,29,31). The largest absolute Gasteiger partial charge is 0.342 e. The van der Waals surface area contributed by atoms with Gasteiger partial charge >= 0.3 is 0 Å². The molecule has 3 aliphatic rings. The van der Waals surface area contributed by atoms with Gasteiger partial charge in [0, 0.05) is 35.6 Å². The summed E-state index contributed by atoms with van der Waals surface area (Å²) < 4.78 is 0. The Labute approximate surface area is 204 Å². The van der Waals surface area contributed by atoms with Crippen molar-refractivity contribution >= 4 is 46.5 Å². The molecule has 3 fully saturated rings. The molecule has 1 aromatic carbocycles. The van der Waals surface area contributed by atoms with Crippen LogP contribution in [0.5, 0.6) is 0 Å². The zero-order valence-electron chi connectivity index (χ0n) is 19.0. The van der Waals surface area contributed by atoms with Gasteiger partial charge in [0.15, 0.2) is 0 Å². The predicted molar refractivity (Wildman–Crippen MR) is 134 cm³/mol. The number of carbonyl (C=O) groups excluding carboxylic acids is 2. The highest BCUT2D eigenvalue weighted by molar-refractivity contribution is 7.13. The molecule has 7 heteroatoms. The van der Waals surface area contributed by atoms with Crippen LogP contribution in [0.2, 0.25) is 5.02 Å². The van der Waals surface area contributed by atoms with Crippen LogP contribution in [-0.2, 0) is 4.79 Å². The van der Waals surface area contributed by atoms with Gasteiger partial charge in [-0.25, -0.2) is 4.98 Å². The topological polar surface area (TPSA) is 62.3 Å². The van der Waals surface area contributed by atoms with Crippen molar-refractivity contribution in [3.05, 3.63) is 49.9 Å².